The molecule has 2 rings (SSSR count). The van der Waals surface area contributed by atoms with E-state index in [0.717, 1.165) is 29.0 Å². The minimum atomic E-state index is -0.540. The van der Waals surface area contributed by atoms with Gasteiger partial charge in [-0.15, -0.1) is 0 Å². The number of rotatable bonds is 7. The molecule has 0 spiro atoms. The van der Waals surface area contributed by atoms with Gasteiger partial charge in [-0.25, -0.2) is 0 Å². The smallest absolute Gasteiger partial charge is 0.265 e. The lowest BCUT2D eigenvalue weighted by molar-refractivity contribution is -0.122. The second-order valence-corrected chi connectivity index (χ2v) is 6.43. The Hall–Kier alpha value is -2.49. The highest BCUT2D eigenvalue weighted by atomic mass is 16.5. The van der Waals surface area contributed by atoms with Crippen molar-refractivity contribution in [2.24, 2.45) is 0 Å². The van der Waals surface area contributed by atoms with Crippen LogP contribution in [0.4, 0.5) is 11.4 Å². The monoisotopic (exact) mass is 340 g/mol. The van der Waals surface area contributed by atoms with Gasteiger partial charge in [-0.1, -0.05) is 39.0 Å². The fourth-order valence-corrected chi connectivity index (χ4v) is 2.73. The van der Waals surface area contributed by atoms with Crippen LogP contribution in [0.15, 0.2) is 42.5 Å². The summed E-state index contributed by atoms with van der Waals surface area (Å²) < 4.78 is 6.08. The van der Waals surface area contributed by atoms with E-state index in [2.05, 4.69) is 25.2 Å². The second-order valence-electron chi connectivity index (χ2n) is 6.43. The van der Waals surface area contributed by atoms with E-state index in [1.165, 1.54) is 0 Å². The predicted octanol–water partition coefficient (Wildman–Crippen LogP) is 4.89. The SMILES string of the molecule is CCC(Oc1ccccc1C(C)CC)C(=O)Nc1ccc(N)cc1C. The molecule has 4 heteroatoms. The third kappa shape index (κ3) is 4.75. The highest BCUT2D eigenvalue weighted by molar-refractivity contribution is 5.95. The van der Waals surface area contributed by atoms with Crippen LogP contribution in [0.2, 0.25) is 0 Å². The fourth-order valence-electron chi connectivity index (χ4n) is 2.73. The first-order valence-corrected chi connectivity index (χ1v) is 8.88. The van der Waals surface area contributed by atoms with E-state index in [1.807, 2.05) is 44.2 Å². The van der Waals surface area contributed by atoms with Crippen molar-refractivity contribution in [1.82, 2.24) is 0 Å². The normalized spacial score (nSPS) is 13.1. The first-order chi connectivity index (χ1) is 12.0. The van der Waals surface area contributed by atoms with E-state index in [9.17, 15) is 4.79 Å². The number of ether oxygens (including phenoxy) is 1. The molecule has 0 fully saturated rings. The van der Waals surface area contributed by atoms with Crippen molar-refractivity contribution in [3.05, 3.63) is 53.6 Å². The third-order valence-electron chi connectivity index (χ3n) is 4.50. The minimum Gasteiger partial charge on any atom is -0.480 e. The summed E-state index contributed by atoms with van der Waals surface area (Å²) in [4.78, 5) is 12.7. The molecule has 3 N–H and O–H groups in total. The standard InChI is InChI=1S/C21H28N2O2/c1-5-14(3)17-9-7-8-10-20(17)25-19(6-2)21(24)23-18-12-11-16(22)13-15(18)4/h7-14,19H,5-6,22H2,1-4H3,(H,23,24). The number of amides is 1. The molecule has 0 aliphatic heterocycles. The molecule has 0 saturated carbocycles. The number of hydrogen-bond donors (Lipinski definition) is 2. The molecule has 2 aromatic carbocycles. The van der Waals surface area contributed by atoms with Crippen molar-refractivity contribution in [3.8, 4) is 5.75 Å². The van der Waals surface area contributed by atoms with Crippen LogP contribution in [0, 0.1) is 6.92 Å². The highest BCUT2D eigenvalue weighted by Gasteiger charge is 2.21. The fraction of sp³-hybridized carbons (Fsp3) is 0.381. The second kappa shape index (κ2) is 8.56. The molecule has 0 aliphatic carbocycles. The van der Waals surface area contributed by atoms with Gasteiger partial charge >= 0.3 is 0 Å². The Bertz CT molecular complexity index is 728. The highest BCUT2D eigenvalue weighted by Crippen LogP contribution is 2.29. The van der Waals surface area contributed by atoms with Gasteiger partial charge in [0.15, 0.2) is 6.10 Å². The molecule has 0 radical (unpaired) electrons. The van der Waals surface area contributed by atoms with Crippen molar-refractivity contribution < 1.29 is 9.53 Å². The average molecular weight is 340 g/mol. The van der Waals surface area contributed by atoms with Gasteiger partial charge in [-0.3, -0.25) is 4.79 Å². The van der Waals surface area contributed by atoms with Crippen LogP contribution in [0.25, 0.3) is 0 Å². The van der Waals surface area contributed by atoms with Gasteiger partial charge in [0.2, 0.25) is 0 Å². The summed E-state index contributed by atoms with van der Waals surface area (Å²) in [5.74, 6) is 1.03. The van der Waals surface area contributed by atoms with Crippen LogP contribution in [0.1, 0.15) is 50.7 Å². The van der Waals surface area contributed by atoms with E-state index in [0.29, 0.717) is 18.0 Å². The molecule has 25 heavy (non-hydrogen) atoms. The number of para-hydroxylation sites is 1. The molecule has 134 valence electrons. The quantitative estimate of drug-likeness (QED) is 0.706. The maximum absolute atomic E-state index is 12.7. The lowest BCUT2D eigenvalue weighted by atomic mass is 9.98. The Morgan fingerprint density at radius 1 is 1.16 bits per heavy atom. The van der Waals surface area contributed by atoms with Gasteiger partial charge in [-0.2, -0.15) is 0 Å². The number of nitrogen functional groups attached to an aromatic ring is 1. The molecular formula is C21H28N2O2. The average Bonchev–Trinajstić information content (AvgIpc) is 2.61. The minimum absolute atomic E-state index is 0.144. The molecule has 1 amide bonds. The van der Waals surface area contributed by atoms with E-state index in [-0.39, 0.29) is 5.91 Å². The van der Waals surface area contributed by atoms with Crippen LogP contribution in [0.3, 0.4) is 0 Å². The summed E-state index contributed by atoms with van der Waals surface area (Å²) in [6.07, 6.45) is 1.07. The summed E-state index contributed by atoms with van der Waals surface area (Å²) in [6.45, 7) is 8.19. The van der Waals surface area contributed by atoms with Crippen molar-refractivity contribution in [2.75, 3.05) is 11.1 Å². The topological polar surface area (TPSA) is 64.3 Å². The molecule has 2 atom stereocenters. The third-order valence-corrected chi connectivity index (χ3v) is 4.50. The molecule has 0 bridgehead atoms. The van der Waals surface area contributed by atoms with Crippen LogP contribution in [-0.2, 0) is 4.79 Å². The zero-order valence-corrected chi connectivity index (χ0v) is 15.5. The summed E-state index contributed by atoms with van der Waals surface area (Å²) in [5.41, 5.74) is 9.28. The van der Waals surface area contributed by atoms with E-state index >= 15 is 0 Å². The summed E-state index contributed by atoms with van der Waals surface area (Å²) >= 11 is 0. The maximum Gasteiger partial charge on any atom is 0.265 e. The molecule has 4 nitrogen and oxygen atoms in total. The van der Waals surface area contributed by atoms with Crippen molar-refractivity contribution in [2.45, 2.75) is 52.6 Å². The Morgan fingerprint density at radius 2 is 1.88 bits per heavy atom. The number of nitrogens with two attached hydrogens (primary N) is 1. The van der Waals surface area contributed by atoms with Gasteiger partial charge in [-0.05, 0) is 61.1 Å². The molecule has 0 heterocycles. The van der Waals surface area contributed by atoms with Crippen LogP contribution >= 0.6 is 0 Å². The maximum atomic E-state index is 12.7. The number of hydrogen-bond acceptors (Lipinski definition) is 3. The van der Waals surface area contributed by atoms with Crippen LogP contribution in [0.5, 0.6) is 5.75 Å². The molecule has 2 unspecified atom stereocenters. The number of nitrogens with one attached hydrogen (secondary N) is 1. The van der Waals surface area contributed by atoms with Gasteiger partial charge in [0, 0.05) is 11.4 Å². The number of carbonyl (C=O) groups is 1. The van der Waals surface area contributed by atoms with E-state index < -0.39 is 6.10 Å². The van der Waals surface area contributed by atoms with E-state index in [4.69, 9.17) is 10.5 Å². The van der Waals surface area contributed by atoms with Gasteiger partial charge in [0.05, 0.1) is 0 Å². The summed E-state index contributed by atoms with van der Waals surface area (Å²) in [5, 5.41) is 2.95. The molecule has 0 aliphatic rings. The summed E-state index contributed by atoms with van der Waals surface area (Å²) in [7, 11) is 0. The van der Waals surface area contributed by atoms with E-state index in [1.54, 1.807) is 6.07 Å². The number of carbonyl (C=O) groups excluding carboxylic acids is 1. The first-order valence-electron chi connectivity index (χ1n) is 8.88. The Kier molecular flexibility index (Phi) is 6.45. The molecule has 0 aromatic heterocycles. The van der Waals surface area contributed by atoms with Crippen molar-refractivity contribution in [1.29, 1.82) is 0 Å². The summed E-state index contributed by atoms with van der Waals surface area (Å²) in [6, 6.07) is 13.4. The van der Waals surface area contributed by atoms with Crippen LogP contribution < -0.4 is 15.8 Å². The lowest BCUT2D eigenvalue weighted by Crippen LogP contribution is -2.33. The lowest BCUT2D eigenvalue weighted by Gasteiger charge is -2.21. The van der Waals surface area contributed by atoms with Crippen LogP contribution in [-0.4, -0.2) is 12.0 Å². The van der Waals surface area contributed by atoms with Gasteiger partial charge in [0.1, 0.15) is 5.75 Å². The Balaban J connectivity index is 2.16. The zero-order valence-electron chi connectivity index (χ0n) is 15.5. The molecular weight excluding hydrogens is 312 g/mol. The first kappa shape index (κ1) is 18.8. The number of anilines is 2. The Labute approximate surface area is 150 Å². The number of aryl methyl sites for hydroxylation is 1. The molecule has 0 saturated heterocycles. The van der Waals surface area contributed by atoms with Crippen molar-refractivity contribution >= 4 is 17.3 Å². The largest absolute Gasteiger partial charge is 0.480 e. The zero-order chi connectivity index (χ0) is 18.4. The molecule has 2 aromatic rings. The predicted molar refractivity (Wildman–Crippen MR) is 104 cm³/mol. The Morgan fingerprint density at radius 3 is 2.52 bits per heavy atom. The van der Waals surface area contributed by atoms with Gasteiger partial charge in [0.25, 0.3) is 5.91 Å². The number of benzene rings is 2. The van der Waals surface area contributed by atoms with Gasteiger partial charge < -0.3 is 15.8 Å². The van der Waals surface area contributed by atoms with Crippen molar-refractivity contribution in [3.63, 3.8) is 0 Å².